The van der Waals surface area contributed by atoms with Crippen LogP contribution in [0.5, 0.6) is 0 Å². The number of aromatic nitrogens is 2. The summed E-state index contributed by atoms with van der Waals surface area (Å²) in [6, 6.07) is 10.7. The van der Waals surface area contributed by atoms with E-state index in [0.717, 1.165) is 5.56 Å². The number of hydrogen-bond acceptors (Lipinski definition) is 3. The number of carbonyl (C=O) groups is 1. The zero-order valence-electron chi connectivity index (χ0n) is 8.87. The zero-order valence-corrected chi connectivity index (χ0v) is 8.87. The van der Waals surface area contributed by atoms with Crippen LogP contribution in [0.1, 0.15) is 21.6 Å². The van der Waals surface area contributed by atoms with Crippen LogP contribution >= 0.6 is 0 Å². The van der Waals surface area contributed by atoms with Crippen LogP contribution in [0.25, 0.3) is 0 Å². The second kappa shape index (κ2) is 4.49. The smallest absolute Gasteiger partial charge is 0.356 e. The molecule has 0 radical (unpaired) electrons. The molecule has 1 aromatic heterocycles. The Morgan fingerprint density at radius 2 is 2.18 bits per heavy atom. The van der Waals surface area contributed by atoms with Crippen molar-refractivity contribution < 1.29 is 9.90 Å². The summed E-state index contributed by atoms with van der Waals surface area (Å²) in [5, 5.41) is 21.5. The summed E-state index contributed by atoms with van der Waals surface area (Å²) in [7, 11) is 0. The predicted octanol–water partition coefficient (Wildman–Crippen LogP) is 1.50. The molecule has 84 valence electrons. The van der Waals surface area contributed by atoms with Crippen LogP contribution in [-0.4, -0.2) is 20.9 Å². The highest BCUT2D eigenvalue weighted by Crippen LogP contribution is 2.09. The third-order valence-corrected chi connectivity index (χ3v) is 2.33. The summed E-state index contributed by atoms with van der Waals surface area (Å²) < 4.78 is 1.50. The minimum atomic E-state index is -1.06. The lowest BCUT2D eigenvalue weighted by Crippen LogP contribution is -2.05. The Kier molecular flexibility index (Phi) is 2.88. The van der Waals surface area contributed by atoms with Gasteiger partial charge in [0, 0.05) is 6.20 Å². The molecule has 0 aliphatic heterocycles. The van der Waals surface area contributed by atoms with E-state index in [2.05, 4.69) is 11.2 Å². The standard InChI is InChI=1S/C12H9N3O2/c13-7-9-3-1-2-4-10(9)8-15-6-5-11(14-15)12(16)17/h1-6H,8H2,(H,16,17). The van der Waals surface area contributed by atoms with Crippen LogP contribution < -0.4 is 0 Å². The van der Waals surface area contributed by atoms with Crippen molar-refractivity contribution in [2.24, 2.45) is 0 Å². The monoisotopic (exact) mass is 227 g/mol. The van der Waals surface area contributed by atoms with Gasteiger partial charge in [-0.05, 0) is 17.7 Å². The molecule has 0 amide bonds. The van der Waals surface area contributed by atoms with Gasteiger partial charge in [0.05, 0.1) is 18.2 Å². The first kappa shape index (κ1) is 10.9. The number of hydrogen-bond donors (Lipinski definition) is 1. The maximum Gasteiger partial charge on any atom is 0.356 e. The van der Waals surface area contributed by atoms with Crippen molar-refractivity contribution in [3.63, 3.8) is 0 Å². The Balaban J connectivity index is 2.26. The molecule has 2 rings (SSSR count). The van der Waals surface area contributed by atoms with Crippen LogP contribution in [0.4, 0.5) is 0 Å². The van der Waals surface area contributed by atoms with Crippen molar-refractivity contribution in [1.29, 1.82) is 5.26 Å². The van der Waals surface area contributed by atoms with E-state index in [9.17, 15) is 4.79 Å². The van der Waals surface area contributed by atoms with E-state index in [0.29, 0.717) is 12.1 Å². The molecule has 0 atom stereocenters. The summed E-state index contributed by atoms with van der Waals surface area (Å²) in [6.07, 6.45) is 1.58. The lowest BCUT2D eigenvalue weighted by molar-refractivity contribution is 0.0689. The summed E-state index contributed by atoms with van der Waals surface area (Å²) in [4.78, 5) is 10.7. The van der Waals surface area contributed by atoms with E-state index in [1.165, 1.54) is 10.7 Å². The second-order valence-electron chi connectivity index (χ2n) is 3.47. The fraction of sp³-hybridized carbons (Fsp3) is 0.0833. The first-order valence-electron chi connectivity index (χ1n) is 4.95. The molecule has 1 heterocycles. The summed E-state index contributed by atoms with van der Waals surface area (Å²) >= 11 is 0. The molecule has 2 aromatic rings. The van der Waals surface area contributed by atoms with E-state index in [-0.39, 0.29) is 5.69 Å². The van der Waals surface area contributed by atoms with Crippen LogP contribution in [-0.2, 0) is 6.54 Å². The van der Waals surface area contributed by atoms with Crippen LogP contribution in [0.2, 0.25) is 0 Å². The topological polar surface area (TPSA) is 78.9 Å². The van der Waals surface area contributed by atoms with E-state index in [1.807, 2.05) is 12.1 Å². The van der Waals surface area contributed by atoms with Crippen molar-refractivity contribution in [2.75, 3.05) is 0 Å². The maximum absolute atomic E-state index is 10.7. The molecule has 0 aliphatic rings. The first-order chi connectivity index (χ1) is 8.20. The van der Waals surface area contributed by atoms with Crippen LogP contribution in [0.3, 0.4) is 0 Å². The zero-order chi connectivity index (χ0) is 12.3. The molecule has 0 spiro atoms. The second-order valence-corrected chi connectivity index (χ2v) is 3.47. The molecule has 0 saturated heterocycles. The average Bonchev–Trinajstić information content (AvgIpc) is 2.78. The molecular formula is C12H9N3O2. The number of carboxylic acids is 1. The van der Waals surface area contributed by atoms with Gasteiger partial charge in [-0.25, -0.2) is 4.79 Å². The van der Waals surface area contributed by atoms with Gasteiger partial charge in [-0.1, -0.05) is 18.2 Å². The molecule has 5 nitrogen and oxygen atoms in total. The highest BCUT2D eigenvalue weighted by Gasteiger charge is 2.08. The maximum atomic E-state index is 10.7. The Morgan fingerprint density at radius 1 is 1.41 bits per heavy atom. The highest BCUT2D eigenvalue weighted by molar-refractivity contribution is 5.85. The lowest BCUT2D eigenvalue weighted by atomic mass is 10.1. The van der Waals surface area contributed by atoms with Gasteiger partial charge in [-0.3, -0.25) is 4.68 Å². The number of aromatic carboxylic acids is 1. The molecule has 5 heteroatoms. The molecule has 0 bridgehead atoms. The average molecular weight is 227 g/mol. The third kappa shape index (κ3) is 2.32. The van der Waals surface area contributed by atoms with Crippen molar-refractivity contribution in [3.8, 4) is 6.07 Å². The van der Waals surface area contributed by atoms with Gasteiger partial charge in [-0.2, -0.15) is 10.4 Å². The van der Waals surface area contributed by atoms with Gasteiger partial charge in [0.25, 0.3) is 0 Å². The molecule has 0 unspecified atom stereocenters. The number of nitrogens with zero attached hydrogens (tertiary/aromatic N) is 3. The Labute approximate surface area is 97.5 Å². The van der Waals surface area contributed by atoms with Crippen LogP contribution in [0.15, 0.2) is 36.5 Å². The van der Waals surface area contributed by atoms with Gasteiger partial charge < -0.3 is 5.11 Å². The normalized spacial score (nSPS) is 9.82. The van der Waals surface area contributed by atoms with E-state index < -0.39 is 5.97 Å². The number of nitriles is 1. The Hall–Kier alpha value is -2.61. The molecule has 0 aliphatic carbocycles. The first-order valence-corrected chi connectivity index (χ1v) is 4.95. The Morgan fingerprint density at radius 3 is 2.82 bits per heavy atom. The van der Waals surface area contributed by atoms with Gasteiger partial charge in [0.1, 0.15) is 0 Å². The molecule has 0 saturated carbocycles. The molecule has 1 aromatic carbocycles. The van der Waals surface area contributed by atoms with E-state index in [1.54, 1.807) is 18.3 Å². The quantitative estimate of drug-likeness (QED) is 0.861. The van der Waals surface area contributed by atoms with Crippen molar-refractivity contribution in [3.05, 3.63) is 53.3 Å². The van der Waals surface area contributed by atoms with Gasteiger partial charge in [0.15, 0.2) is 5.69 Å². The van der Waals surface area contributed by atoms with Gasteiger partial charge in [0.2, 0.25) is 0 Å². The minimum absolute atomic E-state index is 0.000520. The van der Waals surface area contributed by atoms with Crippen molar-refractivity contribution in [2.45, 2.75) is 6.54 Å². The summed E-state index contributed by atoms with van der Waals surface area (Å²) in [6.45, 7) is 0.386. The Bertz CT molecular complexity index is 596. The van der Waals surface area contributed by atoms with E-state index >= 15 is 0 Å². The van der Waals surface area contributed by atoms with Gasteiger partial charge >= 0.3 is 5.97 Å². The highest BCUT2D eigenvalue weighted by atomic mass is 16.4. The molecule has 0 fully saturated rings. The fourth-order valence-corrected chi connectivity index (χ4v) is 1.51. The predicted molar refractivity (Wildman–Crippen MR) is 59.4 cm³/mol. The number of benzene rings is 1. The largest absolute Gasteiger partial charge is 0.476 e. The lowest BCUT2D eigenvalue weighted by Gasteiger charge is -2.03. The molecule has 17 heavy (non-hydrogen) atoms. The minimum Gasteiger partial charge on any atom is -0.476 e. The van der Waals surface area contributed by atoms with Crippen LogP contribution in [0, 0.1) is 11.3 Å². The fourth-order valence-electron chi connectivity index (χ4n) is 1.51. The molecule has 1 N–H and O–H groups in total. The van der Waals surface area contributed by atoms with Crippen molar-refractivity contribution >= 4 is 5.97 Å². The van der Waals surface area contributed by atoms with E-state index in [4.69, 9.17) is 10.4 Å². The van der Waals surface area contributed by atoms with Crippen molar-refractivity contribution in [1.82, 2.24) is 9.78 Å². The molecular weight excluding hydrogens is 218 g/mol. The number of carboxylic acid groups (broad SMARTS) is 1. The number of rotatable bonds is 3. The summed E-state index contributed by atoms with van der Waals surface area (Å²) in [5.74, 6) is -1.06. The summed E-state index contributed by atoms with van der Waals surface area (Å²) in [5.41, 5.74) is 1.38. The third-order valence-electron chi connectivity index (χ3n) is 2.33. The SMILES string of the molecule is N#Cc1ccccc1Cn1ccc(C(=O)O)n1. The van der Waals surface area contributed by atoms with Gasteiger partial charge in [-0.15, -0.1) is 0 Å².